The number of aliphatic carboxylic acids is 1. The van der Waals surface area contributed by atoms with Crippen LogP contribution in [0, 0.1) is 0 Å². The molecular formula is C11H15NO3S. The van der Waals surface area contributed by atoms with Crippen molar-refractivity contribution in [2.75, 3.05) is 7.11 Å². The van der Waals surface area contributed by atoms with E-state index in [2.05, 4.69) is 4.98 Å². The number of ether oxygens (including phenoxy) is 1. The van der Waals surface area contributed by atoms with Gasteiger partial charge in [-0.15, -0.1) is 11.3 Å². The first-order valence-electron chi connectivity index (χ1n) is 4.94. The highest BCUT2D eigenvalue weighted by molar-refractivity contribution is 7.12. The molecule has 0 aliphatic heterocycles. The van der Waals surface area contributed by atoms with Gasteiger partial charge in [0, 0.05) is 13.2 Å². The number of thiazole rings is 1. The molecule has 0 aliphatic rings. The van der Waals surface area contributed by atoms with Gasteiger partial charge in [-0.3, -0.25) is 0 Å². The average molecular weight is 241 g/mol. The third kappa shape index (κ3) is 3.43. The van der Waals surface area contributed by atoms with E-state index in [4.69, 9.17) is 9.84 Å². The maximum Gasteiger partial charge on any atom is 0.328 e. The maximum absolute atomic E-state index is 10.5. The molecule has 88 valence electrons. The summed E-state index contributed by atoms with van der Waals surface area (Å²) in [4.78, 5) is 15.8. The SMILES string of the molecule is COCc1nc(C(C)C)c(/C=C/C(=O)O)s1. The zero-order valence-electron chi connectivity index (χ0n) is 9.56. The normalized spacial score (nSPS) is 11.5. The second kappa shape index (κ2) is 5.77. The minimum Gasteiger partial charge on any atom is -0.478 e. The summed E-state index contributed by atoms with van der Waals surface area (Å²) in [5.41, 5.74) is 0.926. The molecule has 4 nitrogen and oxygen atoms in total. The van der Waals surface area contributed by atoms with Crippen molar-refractivity contribution in [3.8, 4) is 0 Å². The van der Waals surface area contributed by atoms with E-state index in [-0.39, 0.29) is 5.92 Å². The number of carboxylic acid groups (broad SMARTS) is 1. The predicted octanol–water partition coefficient (Wildman–Crippen LogP) is 2.51. The van der Waals surface area contributed by atoms with Gasteiger partial charge in [0.15, 0.2) is 0 Å². The largest absolute Gasteiger partial charge is 0.478 e. The highest BCUT2D eigenvalue weighted by atomic mass is 32.1. The van der Waals surface area contributed by atoms with E-state index in [9.17, 15) is 4.79 Å². The third-order valence-electron chi connectivity index (χ3n) is 1.92. The molecule has 5 heteroatoms. The number of hydrogen-bond acceptors (Lipinski definition) is 4. The van der Waals surface area contributed by atoms with Crippen LogP contribution in [0.3, 0.4) is 0 Å². The molecule has 0 spiro atoms. The van der Waals surface area contributed by atoms with E-state index in [1.165, 1.54) is 11.3 Å². The number of methoxy groups -OCH3 is 1. The zero-order valence-corrected chi connectivity index (χ0v) is 10.4. The van der Waals surface area contributed by atoms with Crippen molar-refractivity contribution >= 4 is 23.4 Å². The van der Waals surface area contributed by atoms with Crippen molar-refractivity contribution in [1.29, 1.82) is 0 Å². The predicted molar refractivity (Wildman–Crippen MR) is 63.6 cm³/mol. The first-order valence-corrected chi connectivity index (χ1v) is 5.75. The maximum atomic E-state index is 10.5. The number of carbonyl (C=O) groups is 1. The quantitative estimate of drug-likeness (QED) is 0.805. The number of rotatable bonds is 5. The molecule has 0 bridgehead atoms. The summed E-state index contributed by atoms with van der Waals surface area (Å²) in [5.74, 6) is -0.674. The highest BCUT2D eigenvalue weighted by Crippen LogP contribution is 2.26. The van der Waals surface area contributed by atoms with Gasteiger partial charge in [-0.2, -0.15) is 0 Å². The molecule has 0 radical (unpaired) electrons. The van der Waals surface area contributed by atoms with Crippen LogP contribution in [-0.2, 0) is 16.1 Å². The average Bonchev–Trinajstić information content (AvgIpc) is 2.59. The van der Waals surface area contributed by atoms with Gasteiger partial charge < -0.3 is 9.84 Å². The molecule has 1 heterocycles. The summed E-state index contributed by atoms with van der Waals surface area (Å²) in [6.07, 6.45) is 2.73. The lowest BCUT2D eigenvalue weighted by molar-refractivity contribution is -0.131. The summed E-state index contributed by atoms with van der Waals surface area (Å²) in [6, 6.07) is 0. The lowest BCUT2D eigenvalue weighted by Crippen LogP contribution is -1.92. The first kappa shape index (κ1) is 12.9. The van der Waals surface area contributed by atoms with Crippen molar-refractivity contribution in [2.45, 2.75) is 26.4 Å². The van der Waals surface area contributed by atoms with Gasteiger partial charge in [0.1, 0.15) is 5.01 Å². The molecule has 0 unspecified atom stereocenters. The number of nitrogens with zero attached hydrogens (tertiary/aromatic N) is 1. The topological polar surface area (TPSA) is 59.4 Å². The van der Waals surface area contributed by atoms with E-state index in [0.717, 1.165) is 21.7 Å². The molecule has 0 saturated carbocycles. The van der Waals surface area contributed by atoms with E-state index in [0.29, 0.717) is 6.61 Å². The van der Waals surface area contributed by atoms with Crippen molar-refractivity contribution in [2.24, 2.45) is 0 Å². The Hall–Kier alpha value is -1.20. The van der Waals surface area contributed by atoms with E-state index in [1.54, 1.807) is 13.2 Å². The van der Waals surface area contributed by atoms with Gasteiger partial charge in [0.25, 0.3) is 0 Å². The van der Waals surface area contributed by atoms with Crippen LogP contribution in [0.4, 0.5) is 0 Å². The Bertz CT molecular complexity index is 396. The standard InChI is InChI=1S/C11H15NO3S/c1-7(2)11-8(4-5-10(13)14)16-9(12-11)6-15-3/h4-5,7H,6H2,1-3H3,(H,13,14)/b5-4+. The van der Waals surface area contributed by atoms with Gasteiger partial charge >= 0.3 is 5.97 Å². The van der Waals surface area contributed by atoms with Crippen LogP contribution >= 0.6 is 11.3 Å². The number of aromatic nitrogens is 1. The molecule has 1 aromatic heterocycles. The molecule has 16 heavy (non-hydrogen) atoms. The van der Waals surface area contributed by atoms with Crippen LogP contribution in [-0.4, -0.2) is 23.2 Å². The van der Waals surface area contributed by atoms with Crippen molar-refractivity contribution in [1.82, 2.24) is 4.98 Å². The van der Waals surface area contributed by atoms with Gasteiger partial charge in [0.2, 0.25) is 0 Å². The van der Waals surface area contributed by atoms with Gasteiger partial charge in [-0.05, 0) is 12.0 Å². The first-order chi connectivity index (χ1) is 7.54. The number of hydrogen-bond donors (Lipinski definition) is 1. The molecule has 0 amide bonds. The molecule has 0 aliphatic carbocycles. The number of carboxylic acids is 1. The Morgan fingerprint density at radius 3 is 2.81 bits per heavy atom. The molecule has 0 saturated heterocycles. The Balaban J connectivity index is 3.00. The zero-order chi connectivity index (χ0) is 12.1. The minimum absolute atomic E-state index is 0.273. The molecule has 0 fully saturated rings. The van der Waals surface area contributed by atoms with Crippen LogP contribution in [0.1, 0.15) is 35.3 Å². The highest BCUT2D eigenvalue weighted by Gasteiger charge is 2.12. The summed E-state index contributed by atoms with van der Waals surface area (Å²) in [5, 5.41) is 9.46. The molecule has 1 rings (SSSR count). The van der Waals surface area contributed by atoms with Crippen molar-refractivity contribution in [3.63, 3.8) is 0 Å². The van der Waals surface area contributed by atoms with Gasteiger partial charge in [0.05, 0.1) is 17.2 Å². The third-order valence-corrected chi connectivity index (χ3v) is 2.93. The Kier molecular flexibility index (Phi) is 4.64. The lowest BCUT2D eigenvalue weighted by atomic mass is 10.1. The van der Waals surface area contributed by atoms with Crippen LogP contribution in [0.15, 0.2) is 6.08 Å². The smallest absolute Gasteiger partial charge is 0.328 e. The molecule has 0 aromatic carbocycles. The molecule has 1 N–H and O–H groups in total. The van der Waals surface area contributed by atoms with E-state index in [1.807, 2.05) is 13.8 Å². The Morgan fingerprint density at radius 1 is 1.62 bits per heavy atom. The fourth-order valence-corrected chi connectivity index (χ4v) is 2.35. The summed E-state index contributed by atoms with van der Waals surface area (Å²) < 4.78 is 5.01. The fourth-order valence-electron chi connectivity index (χ4n) is 1.26. The fraction of sp³-hybridized carbons (Fsp3) is 0.455. The van der Waals surface area contributed by atoms with Crippen molar-refractivity contribution in [3.05, 3.63) is 21.7 Å². The van der Waals surface area contributed by atoms with Crippen LogP contribution in [0.2, 0.25) is 0 Å². The van der Waals surface area contributed by atoms with Gasteiger partial charge in [-0.1, -0.05) is 13.8 Å². The van der Waals surface area contributed by atoms with E-state index >= 15 is 0 Å². The van der Waals surface area contributed by atoms with Crippen molar-refractivity contribution < 1.29 is 14.6 Å². The minimum atomic E-state index is -0.948. The Labute approximate surface area is 98.6 Å². The summed E-state index contributed by atoms with van der Waals surface area (Å²) in [6.45, 7) is 4.53. The van der Waals surface area contributed by atoms with Crippen LogP contribution in [0.25, 0.3) is 6.08 Å². The molecule has 1 aromatic rings. The monoisotopic (exact) mass is 241 g/mol. The summed E-state index contributed by atoms with van der Waals surface area (Å²) in [7, 11) is 1.61. The second-order valence-corrected chi connectivity index (χ2v) is 4.73. The lowest BCUT2D eigenvalue weighted by Gasteiger charge is -2.00. The van der Waals surface area contributed by atoms with Gasteiger partial charge in [-0.25, -0.2) is 9.78 Å². The molecular weight excluding hydrogens is 226 g/mol. The van der Waals surface area contributed by atoms with Crippen LogP contribution < -0.4 is 0 Å². The van der Waals surface area contributed by atoms with E-state index < -0.39 is 5.97 Å². The molecule has 0 atom stereocenters. The summed E-state index contributed by atoms with van der Waals surface area (Å²) >= 11 is 1.47. The Morgan fingerprint density at radius 2 is 2.31 bits per heavy atom. The second-order valence-electron chi connectivity index (χ2n) is 3.62. The van der Waals surface area contributed by atoms with Crippen LogP contribution in [0.5, 0.6) is 0 Å².